The van der Waals surface area contributed by atoms with Gasteiger partial charge in [-0.3, -0.25) is 4.90 Å². The van der Waals surface area contributed by atoms with Gasteiger partial charge in [-0.1, -0.05) is 46.3 Å². The summed E-state index contributed by atoms with van der Waals surface area (Å²) in [6.45, 7) is 2.59. The molecule has 0 saturated carbocycles. The van der Waals surface area contributed by atoms with Gasteiger partial charge < -0.3 is 10.2 Å². The fourth-order valence-electron chi connectivity index (χ4n) is 3.01. The average molecular weight is 348 g/mol. The van der Waals surface area contributed by atoms with Crippen molar-refractivity contribution >= 4 is 15.9 Å². The predicted octanol–water partition coefficient (Wildman–Crippen LogP) is 2.90. The van der Waals surface area contributed by atoms with Crippen molar-refractivity contribution in [2.24, 2.45) is 0 Å². The third kappa shape index (κ3) is 2.84. The van der Waals surface area contributed by atoms with Crippen LogP contribution in [0, 0.1) is 0 Å². The maximum Gasteiger partial charge on any atom is 0.115 e. The first kappa shape index (κ1) is 14.6. The van der Waals surface area contributed by atoms with Gasteiger partial charge in [0.25, 0.3) is 0 Å². The SMILES string of the molecule is OCC1(c2ccccc2)CN(Cc2cc(O)ccc2Br)C1. The number of rotatable bonds is 4. The number of nitrogens with zero attached hydrogens (tertiary/aromatic N) is 1. The molecule has 0 atom stereocenters. The monoisotopic (exact) mass is 347 g/mol. The molecule has 1 aliphatic heterocycles. The lowest BCUT2D eigenvalue weighted by atomic mass is 9.74. The summed E-state index contributed by atoms with van der Waals surface area (Å²) in [4.78, 5) is 2.28. The number of aromatic hydroxyl groups is 1. The molecule has 1 aliphatic rings. The molecule has 21 heavy (non-hydrogen) atoms. The molecular weight excluding hydrogens is 330 g/mol. The highest BCUT2D eigenvalue weighted by Crippen LogP contribution is 2.36. The van der Waals surface area contributed by atoms with E-state index < -0.39 is 0 Å². The van der Waals surface area contributed by atoms with Crippen molar-refractivity contribution < 1.29 is 10.2 Å². The molecule has 0 aromatic heterocycles. The van der Waals surface area contributed by atoms with Crippen molar-refractivity contribution in [2.45, 2.75) is 12.0 Å². The van der Waals surface area contributed by atoms with Crippen LogP contribution in [0.3, 0.4) is 0 Å². The van der Waals surface area contributed by atoms with E-state index in [4.69, 9.17) is 0 Å². The van der Waals surface area contributed by atoms with Crippen molar-refractivity contribution in [1.82, 2.24) is 4.90 Å². The second-order valence-electron chi connectivity index (χ2n) is 5.73. The molecule has 3 nitrogen and oxygen atoms in total. The fourth-order valence-corrected chi connectivity index (χ4v) is 3.38. The van der Waals surface area contributed by atoms with Gasteiger partial charge in [-0.15, -0.1) is 0 Å². The Kier molecular flexibility index (Phi) is 4.02. The Morgan fingerprint density at radius 1 is 1.10 bits per heavy atom. The Labute approximate surface area is 133 Å². The maximum atomic E-state index is 9.80. The summed E-state index contributed by atoms with van der Waals surface area (Å²) < 4.78 is 1.00. The predicted molar refractivity (Wildman–Crippen MR) is 86.3 cm³/mol. The molecule has 0 amide bonds. The van der Waals surface area contributed by atoms with E-state index in [0.29, 0.717) is 0 Å². The van der Waals surface area contributed by atoms with Gasteiger partial charge in [-0.2, -0.15) is 0 Å². The standard InChI is InChI=1S/C17H18BrNO2/c18-16-7-6-15(21)8-13(16)9-19-10-17(11-19,12-20)14-4-2-1-3-5-14/h1-8,20-21H,9-12H2. The van der Waals surface area contributed by atoms with Crippen molar-refractivity contribution in [3.05, 3.63) is 64.1 Å². The lowest BCUT2D eigenvalue weighted by molar-refractivity contribution is 0.0138. The van der Waals surface area contributed by atoms with Gasteiger partial charge in [0.2, 0.25) is 0 Å². The summed E-state index contributed by atoms with van der Waals surface area (Å²) in [6.07, 6.45) is 0. The second-order valence-corrected chi connectivity index (χ2v) is 6.58. The highest BCUT2D eigenvalue weighted by atomic mass is 79.9. The van der Waals surface area contributed by atoms with Gasteiger partial charge in [-0.05, 0) is 29.3 Å². The maximum absolute atomic E-state index is 9.80. The third-order valence-corrected chi connectivity index (χ3v) is 4.94. The van der Waals surface area contributed by atoms with Crippen LogP contribution in [0.25, 0.3) is 0 Å². The zero-order valence-electron chi connectivity index (χ0n) is 11.7. The first-order chi connectivity index (χ1) is 10.1. The van der Waals surface area contributed by atoms with E-state index in [1.165, 1.54) is 5.56 Å². The van der Waals surface area contributed by atoms with Gasteiger partial charge in [0.15, 0.2) is 0 Å². The number of aliphatic hydroxyl groups is 1. The van der Waals surface area contributed by atoms with Crippen LogP contribution in [0.15, 0.2) is 53.0 Å². The van der Waals surface area contributed by atoms with Crippen LogP contribution in [0.5, 0.6) is 5.75 Å². The summed E-state index contributed by atoms with van der Waals surface area (Å²) in [5.74, 6) is 0.283. The van der Waals surface area contributed by atoms with Crippen LogP contribution in [0.1, 0.15) is 11.1 Å². The summed E-state index contributed by atoms with van der Waals surface area (Å²) >= 11 is 3.52. The topological polar surface area (TPSA) is 43.7 Å². The summed E-state index contributed by atoms with van der Waals surface area (Å²) in [6, 6.07) is 15.5. The normalized spacial score (nSPS) is 17.4. The molecule has 0 radical (unpaired) electrons. The highest BCUT2D eigenvalue weighted by Gasteiger charge is 2.43. The molecule has 1 saturated heterocycles. The van der Waals surface area contributed by atoms with Gasteiger partial charge in [-0.25, -0.2) is 0 Å². The van der Waals surface area contributed by atoms with Crippen LogP contribution in [-0.4, -0.2) is 34.8 Å². The molecule has 110 valence electrons. The van der Waals surface area contributed by atoms with Gasteiger partial charge in [0, 0.05) is 29.5 Å². The molecule has 4 heteroatoms. The van der Waals surface area contributed by atoms with Crippen LogP contribution in [0.4, 0.5) is 0 Å². The minimum absolute atomic E-state index is 0.148. The molecule has 2 aromatic carbocycles. The number of hydrogen-bond acceptors (Lipinski definition) is 3. The molecule has 1 fully saturated rings. The van der Waals surface area contributed by atoms with Crippen LogP contribution >= 0.6 is 15.9 Å². The van der Waals surface area contributed by atoms with E-state index in [0.717, 1.165) is 29.7 Å². The van der Waals surface area contributed by atoms with Crippen molar-refractivity contribution in [3.8, 4) is 5.75 Å². The zero-order valence-corrected chi connectivity index (χ0v) is 13.3. The second kappa shape index (κ2) is 5.79. The largest absolute Gasteiger partial charge is 0.508 e. The van der Waals surface area contributed by atoms with Crippen LogP contribution < -0.4 is 0 Å². The summed E-state index contributed by atoms with van der Waals surface area (Å²) in [7, 11) is 0. The highest BCUT2D eigenvalue weighted by molar-refractivity contribution is 9.10. The quantitative estimate of drug-likeness (QED) is 0.893. The number of phenolic OH excluding ortho intramolecular Hbond substituents is 1. The Balaban J connectivity index is 1.71. The van der Waals surface area contributed by atoms with Crippen molar-refractivity contribution in [1.29, 1.82) is 0 Å². The third-order valence-electron chi connectivity index (χ3n) is 4.16. The minimum atomic E-state index is -0.148. The smallest absolute Gasteiger partial charge is 0.115 e. The molecule has 0 unspecified atom stereocenters. The Hall–Kier alpha value is -1.36. The first-order valence-electron chi connectivity index (χ1n) is 6.99. The molecule has 1 heterocycles. The number of halogens is 1. The van der Waals surface area contributed by atoms with Gasteiger partial charge in [0.1, 0.15) is 5.75 Å². The lowest BCUT2D eigenvalue weighted by Gasteiger charge is -2.50. The molecule has 0 spiro atoms. The molecule has 0 bridgehead atoms. The Bertz CT molecular complexity index is 624. The lowest BCUT2D eigenvalue weighted by Crippen LogP contribution is -2.60. The molecular formula is C17H18BrNO2. The van der Waals surface area contributed by atoms with Crippen LogP contribution in [-0.2, 0) is 12.0 Å². The average Bonchev–Trinajstić information content (AvgIpc) is 2.47. The number of aliphatic hydroxyl groups excluding tert-OH is 1. The Morgan fingerprint density at radius 2 is 1.81 bits per heavy atom. The van der Waals surface area contributed by atoms with Crippen molar-refractivity contribution in [3.63, 3.8) is 0 Å². The van der Waals surface area contributed by atoms with E-state index in [2.05, 4.69) is 33.0 Å². The number of phenols is 1. The summed E-state index contributed by atoms with van der Waals surface area (Å²) in [5, 5.41) is 19.4. The molecule has 2 aromatic rings. The molecule has 2 N–H and O–H groups in total. The minimum Gasteiger partial charge on any atom is -0.508 e. The van der Waals surface area contributed by atoms with Gasteiger partial charge >= 0.3 is 0 Å². The van der Waals surface area contributed by atoms with E-state index >= 15 is 0 Å². The zero-order chi connectivity index (χ0) is 14.9. The van der Waals surface area contributed by atoms with E-state index in [1.807, 2.05) is 24.3 Å². The number of benzene rings is 2. The van der Waals surface area contributed by atoms with E-state index in [1.54, 1.807) is 12.1 Å². The fraction of sp³-hybridized carbons (Fsp3) is 0.294. The van der Waals surface area contributed by atoms with E-state index in [-0.39, 0.29) is 17.8 Å². The first-order valence-corrected chi connectivity index (χ1v) is 7.78. The Morgan fingerprint density at radius 3 is 2.48 bits per heavy atom. The number of likely N-dealkylation sites (tertiary alicyclic amines) is 1. The molecule has 0 aliphatic carbocycles. The molecule has 3 rings (SSSR count). The van der Waals surface area contributed by atoms with E-state index in [9.17, 15) is 10.2 Å². The summed E-state index contributed by atoms with van der Waals surface area (Å²) in [5.41, 5.74) is 2.11. The van der Waals surface area contributed by atoms with Gasteiger partial charge in [0.05, 0.1) is 6.61 Å². The number of hydrogen-bond donors (Lipinski definition) is 2. The van der Waals surface area contributed by atoms with Crippen LogP contribution in [0.2, 0.25) is 0 Å². The van der Waals surface area contributed by atoms with Crippen molar-refractivity contribution in [2.75, 3.05) is 19.7 Å².